The van der Waals surface area contributed by atoms with Gasteiger partial charge in [-0.2, -0.15) is 0 Å². The van der Waals surface area contributed by atoms with E-state index in [-0.39, 0.29) is 0 Å². The molecule has 3 nitrogen and oxygen atoms in total. The number of rotatable bonds is 20. The molecular weight excluding hydrogens is 540 g/mol. The summed E-state index contributed by atoms with van der Waals surface area (Å²) in [7, 11) is 0. The van der Waals surface area contributed by atoms with Gasteiger partial charge in [0, 0.05) is 12.8 Å². The van der Waals surface area contributed by atoms with Crippen molar-refractivity contribution in [3.05, 3.63) is 59.7 Å². The number of aryl methyl sites for hydroxylation is 2. The third-order valence-electron chi connectivity index (χ3n) is 10.6. The second-order valence-corrected chi connectivity index (χ2v) is 14.2. The predicted molar refractivity (Wildman–Crippen MR) is 185 cm³/mol. The highest BCUT2D eigenvalue weighted by Crippen LogP contribution is 2.33. The van der Waals surface area contributed by atoms with Gasteiger partial charge >= 0.3 is 0 Å². The van der Waals surface area contributed by atoms with Crippen LogP contribution in [0.1, 0.15) is 141 Å². The molecule has 0 aromatic heterocycles. The lowest BCUT2D eigenvalue weighted by Crippen LogP contribution is -2.20. The van der Waals surface area contributed by atoms with Crippen molar-refractivity contribution in [2.45, 2.75) is 142 Å². The van der Waals surface area contributed by atoms with Crippen LogP contribution < -0.4 is 9.47 Å². The maximum Gasteiger partial charge on any atom is 0.133 e. The molecule has 2 aromatic carbocycles. The summed E-state index contributed by atoms with van der Waals surface area (Å²) in [5, 5.41) is 0. The van der Waals surface area contributed by atoms with Gasteiger partial charge in [0.05, 0.1) is 13.2 Å². The van der Waals surface area contributed by atoms with Gasteiger partial charge in [-0.25, -0.2) is 0 Å². The molecule has 2 aliphatic rings. The molecule has 3 heteroatoms. The smallest absolute Gasteiger partial charge is 0.133 e. The van der Waals surface area contributed by atoms with Crippen molar-refractivity contribution in [3.63, 3.8) is 0 Å². The topological polar surface area (TPSA) is 35.5 Å². The van der Waals surface area contributed by atoms with Crippen molar-refractivity contribution in [2.75, 3.05) is 13.2 Å². The van der Waals surface area contributed by atoms with E-state index in [0.717, 1.165) is 49.4 Å². The van der Waals surface area contributed by atoms with E-state index in [9.17, 15) is 4.79 Å². The number of hydrogen-bond acceptors (Lipinski definition) is 3. The highest BCUT2D eigenvalue weighted by atomic mass is 16.5. The average Bonchev–Trinajstić information content (AvgIpc) is 3.07. The molecule has 0 unspecified atom stereocenters. The molecule has 0 atom stereocenters. The zero-order valence-electron chi connectivity index (χ0n) is 28.2. The summed E-state index contributed by atoms with van der Waals surface area (Å²) >= 11 is 0. The van der Waals surface area contributed by atoms with Crippen LogP contribution in [0.3, 0.4) is 0 Å². The zero-order chi connectivity index (χ0) is 30.8. The molecule has 4 rings (SSSR count). The van der Waals surface area contributed by atoms with Crippen LogP contribution in [0.2, 0.25) is 0 Å². The Hall–Kier alpha value is -2.29. The number of hydrogen-bond donors (Lipinski definition) is 0. The molecule has 244 valence electrons. The molecule has 0 bridgehead atoms. The van der Waals surface area contributed by atoms with Crippen molar-refractivity contribution in [1.29, 1.82) is 0 Å². The third-order valence-corrected chi connectivity index (χ3v) is 10.6. The Morgan fingerprint density at radius 3 is 1.27 bits per heavy atom. The number of carbonyl (C=O) groups is 1. The van der Waals surface area contributed by atoms with Crippen molar-refractivity contribution in [2.24, 2.45) is 23.7 Å². The van der Waals surface area contributed by atoms with Gasteiger partial charge < -0.3 is 9.47 Å². The minimum absolute atomic E-state index is 0.334. The summed E-state index contributed by atoms with van der Waals surface area (Å²) in [6, 6.07) is 16.9. The Kier molecular flexibility index (Phi) is 15.7. The Bertz CT molecular complexity index is 943. The van der Waals surface area contributed by atoms with Gasteiger partial charge in [-0.1, -0.05) is 115 Å². The number of unbranched alkanes of at least 4 members (excludes halogenated alkanes) is 4. The van der Waals surface area contributed by atoms with Crippen LogP contribution in [0.25, 0.3) is 0 Å². The number of benzene rings is 2. The standard InChI is InChI=1S/C41H62O3/c1-3-5-7-9-33-11-15-37(16-12-33)31-43-40-27-21-35(22-28-40)19-25-39(42)26-20-36-23-29-41(30-24-36)44-32-38-17-13-34(14-18-38)10-8-6-4-2/h21-24,27-30,33-34,37-38H,3-20,25-26,31-32H2,1-2H3. The van der Waals surface area contributed by atoms with E-state index in [0.29, 0.717) is 30.5 Å². The van der Waals surface area contributed by atoms with Crippen LogP contribution in [-0.2, 0) is 17.6 Å². The fourth-order valence-corrected chi connectivity index (χ4v) is 7.37. The second kappa shape index (κ2) is 20.0. The quantitative estimate of drug-likeness (QED) is 0.141. The van der Waals surface area contributed by atoms with Crippen molar-refractivity contribution < 1.29 is 14.3 Å². The van der Waals surface area contributed by atoms with Crippen LogP contribution in [0.15, 0.2) is 48.5 Å². The van der Waals surface area contributed by atoms with Gasteiger partial charge in [0.2, 0.25) is 0 Å². The Morgan fingerprint density at radius 1 is 0.545 bits per heavy atom. The molecule has 0 heterocycles. The molecular formula is C41H62O3. The molecule has 0 saturated heterocycles. The zero-order valence-corrected chi connectivity index (χ0v) is 28.2. The third kappa shape index (κ3) is 13.0. The van der Waals surface area contributed by atoms with Crippen molar-refractivity contribution in [1.82, 2.24) is 0 Å². The van der Waals surface area contributed by atoms with Crippen LogP contribution in [0.5, 0.6) is 11.5 Å². The highest BCUT2D eigenvalue weighted by molar-refractivity contribution is 5.78. The maximum absolute atomic E-state index is 12.6. The molecule has 0 aliphatic heterocycles. The molecule has 2 fully saturated rings. The van der Waals surface area contributed by atoms with E-state index in [1.165, 1.54) is 114 Å². The van der Waals surface area contributed by atoms with Crippen LogP contribution in [0.4, 0.5) is 0 Å². The summed E-state index contributed by atoms with van der Waals surface area (Å²) in [6.07, 6.45) is 24.7. The normalized spacial score (nSPS) is 22.0. The van der Waals surface area contributed by atoms with E-state index in [1.807, 2.05) is 0 Å². The summed E-state index contributed by atoms with van der Waals surface area (Å²) in [5.41, 5.74) is 2.43. The number of carbonyl (C=O) groups excluding carboxylic acids is 1. The maximum atomic E-state index is 12.6. The fourth-order valence-electron chi connectivity index (χ4n) is 7.37. The van der Waals surface area contributed by atoms with E-state index in [4.69, 9.17) is 9.47 Å². The Labute approximate surface area is 269 Å². The highest BCUT2D eigenvalue weighted by Gasteiger charge is 2.22. The molecule has 0 spiro atoms. The molecule has 2 saturated carbocycles. The number of Topliss-reactive ketones (excluding diaryl/α,β-unsaturated/α-hetero) is 1. The summed E-state index contributed by atoms with van der Waals surface area (Å²) in [5.74, 6) is 5.56. The first-order valence-corrected chi connectivity index (χ1v) is 18.6. The van der Waals surface area contributed by atoms with Crippen LogP contribution >= 0.6 is 0 Å². The lowest BCUT2D eigenvalue weighted by Gasteiger charge is -2.28. The Balaban J connectivity index is 1.05. The monoisotopic (exact) mass is 602 g/mol. The molecule has 0 radical (unpaired) electrons. The summed E-state index contributed by atoms with van der Waals surface area (Å²) in [4.78, 5) is 12.6. The van der Waals surface area contributed by atoms with Gasteiger partial charge in [0.25, 0.3) is 0 Å². The van der Waals surface area contributed by atoms with Gasteiger partial charge in [-0.15, -0.1) is 0 Å². The average molecular weight is 603 g/mol. The van der Waals surface area contributed by atoms with Gasteiger partial charge in [-0.05, 0) is 97.6 Å². The SMILES string of the molecule is CCCCCC1CCC(COc2ccc(CCC(=O)CCc3ccc(OCC4CCC(CCCCC)CC4)cc3)cc2)CC1. The lowest BCUT2D eigenvalue weighted by atomic mass is 9.80. The first kappa shape index (κ1) is 34.6. The summed E-state index contributed by atoms with van der Waals surface area (Å²) in [6.45, 7) is 6.26. The van der Waals surface area contributed by atoms with E-state index < -0.39 is 0 Å². The van der Waals surface area contributed by atoms with E-state index >= 15 is 0 Å². The minimum atomic E-state index is 0.334. The lowest BCUT2D eigenvalue weighted by molar-refractivity contribution is -0.119. The predicted octanol–water partition coefficient (Wildman–Crippen LogP) is 11.4. The van der Waals surface area contributed by atoms with Crippen LogP contribution in [-0.4, -0.2) is 19.0 Å². The van der Waals surface area contributed by atoms with Gasteiger partial charge in [0.1, 0.15) is 17.3 Å². The Morgan fingerprint density at radius 2 is 0.909 bits per heavy atom. The fraction of sp³-hybridized carbons (Fsp3) is 0.683. The van der Waals surface area contributed by atoms with Gasteiger partial charge in [-0.3, -0.25) is 4.79 Å². The number of ether oxygens (including phenoxy) is 2. The number of ketones is 1. The minimum Gasteiger partial charge on any atom is -0.493 e. The second-order valence-electron chi connectivity index (χ2n) is 14.2. The molecule has 0 N–H and O–H groups in total. The molecule has 2 aliphatic carbocycles. The first-order chi connectivity index (χ1) is 21.6. The molecule has 44 heavy (non-hydrogen) atoms. The van der Waals surface area contributed by atoms with Crippen LogP contribution in [0, 0.1) is 23.7 Å². The van der Waals surface area contributed by atoms with E-state index in [2.05, 4.69) is 62.4 Å². The first-order valence-electron chi connectivity index (χ1n) is 18.6. The van der Waals surface area contributed by atoms with Crippen molar-refractivity contribution >= 4 is 5.78 Å². The molecule has 0 amide bonds. The van der Waals surface area contributed by atoms with Gasteiger partial charge in [0.15, 0.2) is 0 Å². The van der Waals surface area contributed by atoms with E-state index in [1.54, 1.807) is 0 Å². The molecule has 2 aromatic rings. The summed E-state index contributed by atoms with van der Waals surface area (Å²) < 4.78 is 12.3. The largest absolute Gasteiger partial charge is 0.493 e. The van der Waals surface area contributed by atoms with Crippen molar-refractivity contribution in [3.8, 4) is 11.5 Å².